The molecule has 0 aliphatic heterocycles. The van der Waals surface area contributed by atoms with Gasteiger partial charge in [0.1, 0.15) is 5.52 Å². The molecular weight excluding hydrogens is 436 g/mol. The van der Waals surface area contributed by atoms with Gasteiger partial charge in [-0.2, -0.15) is 0 Å². The summed E-state index contributed by atoms with van der Waals surface area (Å²) in [4.78, 5) is 9.13. The van der Waals surface area contributed by atoms with Gasteiger partial charge in [-0.15, -0.1) is 0 Å². The van der Waals surface area contributed by atoms with Crippen LogP contribution in [0.25, 0.3) is 11.2 Å². The molecule has 0 amide bonds. The van der Waals surface area contributed by atoms with Crippen LogP contribution in [-0.4, -0.2) is 37.0 Å². The zero-order valence-corrected chi connectivity index (χ0v) is 18.4. The van der Waals surface area contributed by atoms with Crippen molar-refractivity contribution < 1.29 is 16.8 Å². The Morgan fingerprint density at radius 1 is 0.903 bits per heavy atom. The summed E-state index contributed by atoms with van der Waals surface area (Å²) in [6.07, 6.45) is 3.98. The topological polar surface area (TPSA) is 125 Å². The molecule has 0 aliphatic carbocycles. The number of sulfone groups is 1. The molecule has 10 heteroatoms. The summed E-state index contributed by atoms with van der Waals surface area (Å²) < 4.78 is 50.3. The third-order valence-corrected chi connectivity index (χ3v) is 7.75. The number of hydrogen-bond donors (Lipinski definition) is 1. The van der Waals surface area contributed by atoms with Crippen molar-refractivity contribution in [3.63, 3.8) is 0 Å². The lowest BCUT2D eigenvalue weighted by atomic mass is 10.1. The maximum atomic E-state index is 13.0. The highest BCUT2D eigenvalue weighted by atomic mass is 32.2. The number of aromatic nitrogens is 3. The van der Waals surface area contributed by atoms with Crippen LogP contribution in [-0.2, 0) is 19.9 Å². The predicted molar refractivity (Wildman–Crippen MR) is 117 cm³/mol. The highest BCUT2D eigenvalue weighted by molar-refractivity contribution is 7.90. The molecule has 0 fully saturated rings. The smallest absolute Gasteiger partial charge is 0.269 e. The fourth-order valence-electron chi connectivity index (χ4n) is 3.16. The van der Waals surface area contributed by atoms with E-state index in [1.807, 2.05) is 6.92 Å². The van der Waals surface area contributed by atoms with Gasteiger partial charge in [-0.05, 0) is 42.8 Å². The number of fused-ring (bicyclic) bond motifs is 1. The first kappa shape index (κ1) is 21.2. The van der Waals surface area contributed by atoms with Crippen molar-refractivity contribution in [3.05, 3.63) is 83.8 Å². The lowest BCUT2D eigenvalue weighted by molar-refractivity contribution is 0.588. The van der Waals surface area contributed by atoms with Crippen molar-refractivity contribution in [1.29, 1.82) is 0 Å². The molecule has 4 rings (SSSR count). The first-order valence-electron chi connectivity index (χ1n) is 9.29. The van der Waals surface area contributed by atoms with E-state index in [-0.39, 0.29) is 15.4 Å². The molecule has 0 radical (unpaired) electrons. The van der Waals surface area contributed by atoms with Crippen LogP contribution in [0.15, 0.2) is 76.8 Å². The van der Waals surface area contributed by atoms with Crippen LogP contribution in [0.2, 0.25) is 0 Å². The minimum Gasteiger partial charge on any atom is -0.319 e. The standard InChI is InChI=1S/C21H20N4O4S2/c1-14-3-7-17(8-4-14)31(28,29)25-12-11-18-21(25)23-13-19(24-18)20(22)15-5-9-16(10-6-15)30(2,26)27/h3-13,20H,22H2,1-2H3. The molecule has 4 aromatic rings. The molecule has 0 saturated carbocycles. The van der Waals surface area contributed by atoms with Gasteiger partial charge in [-0.3, -0.25) is 0 Å². The van der Waals surface area contributed by atoms with Crippen molar-refractivity contribution in [2.45, 2.75) is 22.8 Å². The normalized spacial score (nSPS) is 13.4. The van der Waals surface area contributed by atoms with Crippen molar-refractivity contribution in [3.8, 4) is 0 Å². The van der Waals surface area contributed by atoms with Crippen molar-refractivity contribution in [2.24, 2.45) is 5.73 Å². The molecule has 2 N–H and O–H groups in total. The van der Waals surface area contributed by atoms with E-state index in [4.69, 9.17) is 5.73 Å². The van der Waals surface area contributed by atoms with E-state index in [0.29, 0.717) is 16.8 Å². The summed E-state index contributed by atoms with van der Waals surface area (Å²) in [6.45, 7) is 1.88. The van der Waals surface area contributed by atoms with Crippen LogP contribution in [0.4, 0.5) is 0 Å². The molecule has 2 aromatic carbocycles. The maximum Gasteiger partial charge on any atom is 0.269 e. The maximum absolute atomic E-state index is 13.0. The Morgan fingerprint density at radius 3 is 2.13 bits per heavy atom. The van der Waals surface area contributed by atoms with Gasteiger partial charge in [0.15, 0.2) is 15.5 Å². The lowest BCUT2D eigenvalue weighted by Crippen LogP contribution is -2.15. The molecule has 160 valence electrons. The molecule has 0 bridgehead atoms. The summed E-state index contributed by atoms with van der Waals surface area (Å²) in [5.41, 5.74) is 8.92. The molecule has 2 aromatic heterocycles. The van der Waals surface area contributed by atoms with Gasteiger partial charge in [0.05, 0.1) is 27.7 Å². The van der Waals surface area contributed by atoms with Gasteiger partial charge in [0.2, 0.25) is 0 Å². The Morgan fingerprint density at radius 2 is 1.52 bits per heavy atom. The largest absolute Gasteiger partial charge is 0.319 e. The Kier molecular flexibility index (Phi) is 5.16. The third kappa shape index (κ3) is 3.97. The van der Waals surface area contributed by atoms with Crippen LogP contribution < -0.4 is 5.73 Å². The molecule has 31 heavy (non-hydrogen) atoms. The highest BCUT2D eigenvalue weighted by Gasteiger charge is 2.21. The van der Waals surface area contributed by atoms with E-state index in [2.05, 4.69) is 9.97 Å². The molecular formula is C21H20N4O4S2. The van der Waals surface area contributed by atoms with Crippen LogP contribution >= 0.6 is 0 Å². The second-order valence-electron chi connectivity index (χ2n) is 7.25. The molecule has 1 atom stereocenters. The van der Waals surface area contributed by atoms with Crippen molar-refractivity contribution >= 4 is 31.0 Å². The fraction of sp³-hybridized carbons (Fsp3) is 0.143. The van der Waals surface area contributed by atoms with Gasteiger partial charge in [-0.1, -0.05) is 29.8 Å². The molecule has 8 nitrogen and oxygen atoms in total. The highest BCUT2D eigenvalue weighted by Crippen LogP contribution is 2.24. The summed E-state index contributed by atoms with van der Waals surface area (Å²) in [5, 5.41) is 0. The SMILES string of the molecule is Cc1ccc(S(=O)(=O)n2ccc3nc(C(N)c4ccc(S(C)(=O)=O)cc4)cnc32)cc1. The van der Waals surface area contributed by atoms with Gasteiger partial charge in [-0.25, -0.2) is 30.8 Å². The minimum absolute atomic E-state index is 0.157. The van der Waals surface area contributed by atoms with Crippen LogP contribution in [0.1, 0.15) is 22.9 Å². The number of hydrogen-bond acceptors (Lipinski definition) is 7. The van der Waals surface area contributed by atoms with E-state index < -0.39 is 25.9 Å². The summed E-state index contributed by atoms with van der Waals surface area (Å²) in [5.74, 6) is 0. The number of benzene rings is 2. The summed E-state index contributed by atoms with van der Waals surface area (Å²) >= 11 is 0. The second kappa shape index (κ2) is 7.56. The van der Waals surface area contributed by atoms with Gasteiger partial charge >= 0.3 is 0 Å². The number of nitrogens with two attached hydrogens (primary N) is 1. The van der Waals surface area contributed by atoms with E-state index >= 15 is 0 Å². The summed E-state index contributed by atoms with van der Waals surface area (Å²) in [6, 6.07) is 13.7. The Bertz CT molecular complexity index is 1470. The predicted octanol–water partition coefficient (Wildman–Crippen LogP) is 2.43. The second-order valence-corrected chi connectivity index (χ2v) is 11.1. The average Bonchev–Trinajstić information content (AvgIpc) is 3.17. The average molecular weight is 457 g/mol. The van der Waals surface area contributed by atoms with Gasteiger partial charge in [0, 0.05) is 12.5 Å². The zero-order chi connectivity index (χ0) is 22.4. The first-order chi connectivity index (χ1) is 14.6. The molecule has 1 unspecified atom stereocenters. The van der Waals surface area contributed by atoms with E-state index in [1.165, 1.54) is 24.5 Å². The Labute approximate surface area is 180 Å². The zero-order valence-electron chi connectivity index (χ0n) is 16.8. The number of rotatable bonds is 5. The van der Waals surface area contributed by atoms with Crippen molar-refractivity contribution in [1.82, 2.24) is 13.9 Å². The molecule has 2 heterocycles. The lowest BCUT2D eigenvalue weighted by Gasteiger charge is -2.12. The Hall–Kier alpha value is -3.08. The fourth-order valence-corrected chi connectivity index (χ4v) is 5.09. The quantitative estimate of drug-likeness (QED) is 0.489. The molecule has 0 saturated heterocycles. The van der Waals surface area contributed by atoms with E-state index in [1.54, 1.807) is 42.5 Å². The van der Waals surface area contributed by atoms with Crippen molar-refractivity contribution in [2.75, 3.05) is 6.26 Å². The van der Waals surface area contributed by atoms with E-state index in [0.717, 1.165) is 15.8 Å². The van der Waals surface area contributed by atoms with Crippen LogP contribution in [0.5, 0.6) is 0 Å². The van der Waals surface area contributed by atoms with Gasteiger partial charge in [0.25, 0.3) is 10.0 Å². The van der Waals surface area contributed by atoms with E-state index in [9.17, 15) is 16.8 Å². The van der Waals surface area contributed by atoms with Crippen LogP contribution in [0, 0.1) is 6.92 Å². The number of aryl methyl sites for hydroxylation is 1. The molecule has 0 aliphatic rings. The number of nitrogens with zero attached hydrogens (tertiary/aromatic N) is 3. The Balaban J connectivity index is 1.69. The molecule has 0 spiro atoms. The minimum atomic E-state index is -3.82. The van der Waals surface area contributed by atoms with Gasteiger partial charge < -0.3 is 5.73 Å². The monoisotopic (exact) mass is 456 g/mol. The van der Waals surface area contributed by atoms with Crippen LogP contribution in [0.3, 0.4) is 0 Å². The third-order valence-electron chi connectivity index (χ3n) is 4.94. The summed E-state index contributed by atoms with van der Waals surface area (Å²) in [7, 11) is -7.12. The first-order valence-corrected chi connectivity index (χ1v) is 12.6.